The first-order valence-electron chi connectivity index (χ1n) is 6.02. The molecular formula is C13H15ClN2O4. The monoisotopic (exact) mass is 298 g/mol. The van der Waals surface area contributed by atoms with Crippen LogP contribution in [0.3, 0.4) is 0 Å². The van der Waals surface area contributed by atoms with Crippen LogP contribution >= 0.6 is 11.6 Å². The number of carbonyl (C=O) groups excluding carboxylic acids is 2. The van der Waals surface area contributed by atoms with Crippen molar-refractivity contribution < 1.29 is 19.5 Å². The van der Waals surface area contributed by atoms with Crippen molar-refractivity contribution in [2.75, 3.05) is 13.1 Å². The number of benzene rings is 1. The van der Waals surface area contributed by atoms with E-state index in [2.05, 4.69) is 10.6 Å². The van der Waals surface area contributed by atoms with Crippen molar-refractivity contribution in [1.29, 1.82) is 0 Å². The van der Waals surface area contributed by atoms with Crippen LogP contribution in [0.5, 0.6) is 0 Å². The van der Waals surface area contributed by atoms with Crippen LogP contribution in [0, 0.1) is 0 Å². The molecule has 7 heteroatoms. The minimum atomic E-state index is -0.911. The summed E-state index contributed by atoms with van der Waals surface area (Å²) in [4.78, 5) is 33.4. The second-order valence-corrected chi connectivity index (χ2v) is 4.42. The van der Waals surface area contributed by atoms with E-state index in [0.29, 0.717) is 17.0 Å². The highest BCUT2D eigenvalue weighted by molar-refractivity contribution is 6.33. The minimum Gasteiger partial charge on any atom is -0.481 e. The second-order valence-electron chi connectivity index (χ2n) is 4.01. The number of amides is 2. The second kappa shape index (κ2) is 8.16. The lowest BCUT2D eigenvalue weighted by molar-refractivity contribution is -0.137. The van der Waals surface area contributed by atoms with Crippen LogP contribution in [0.15, 0.2) is 24.3 Å². The average molecular weight is 299 g/mol. The lowest BCUT2D eigenvalue weighted by atomic mass is 10.2. The molecule has 0 aliphatic carbocycles. The number of nitrogens with one attached hydrogen (secondary N) is 2. The fourth-order valence-corrected chi connectivity index (χ4v) is 1.65. The molecule has 0 heterocycles. The molecule has 0 saturated carbocycles. The van der Waals surface area contributed by atoms with Crippen LogP contribution < -0.4 is 10.6 Å². The summed E-state index contributed by atoms with van der Waals surface area (Å²) in [5, 5.41) is 13.7. The molecular weight excluding hydrogens is 284 g/mol. The van der Waals surface area contributed by atoms with Crippen LogP contribution in [-0.2, 0) is 9.59 Å². The van der Waals surface area contributed by atoms with Crippen molar-refractivity contribution in [3.8, 4) is 0 Å². The topological polar surface area (TPSA) is 95.5 Å². The Morgan fingerprint density at radius 3 is 2.50 bits per heavy atom. The molecule has 0 fully saturated rings. The summed E-state index contributed by atoms with van der Waals surface area (Å²) < 4.78 is 0. The van der Waals surface area contributed by atoms with Gasteiger partial charge in [-0.05, 0) is 18.6 Å². The zero-order valence-corrected chi connectivity index (χ0v) is 11.4. The van der Waals surface area contributed by atoms with Gasteiger partial charge in [-0.25, -0.2) is 0 Å². The maximum absolute atomic E-state index is 11.7. The van der Waals surface area contributed by atoms with Gasteiger partial charge >= 0.3 is 5.97 Å². The summed E-state index contributed by atoms with van der Waals surface area (Å²) >= 11 is 5.85. The predicted molar refractivity (Wildman–Crippen MR) is 73.7 cm³/mol. The van der Waals surface area contributed by atoms with Gasteiger partial charge in [0.25, 0.3) is 5.91 Å². The minimum absolute atomic E-state index is 0.00768. The van der Waals surface area contributed by atoms with Crippen molar-refractivity contribution in [1.82, 2.24) is 10.6 Å². The Morgan fingerprint density at radius 1 is 1.15 bits per heavy atom. The van der Waals surface area contributed by atoms with Gasteiger partial charge in [0.05, 0.1) is 17.1 Å². The lowest BCUT2D eigenvalue weighted by Gasteiger charge is -2.07. The third-order valence-corrected chi connectivity index (χ3v) is 2.75. The van der Waals surface area contributed by atoms with E-state index in [-0.39, 0.29) is 25.4 Å². The zero-order chi connectivity index (χ0) is 15.0. The highest BCUT2D eigenvalue weighted by Crippen LogP contribution is 2.14. The fourth-order valence-electron chi connectivity index (χ4n) is 1.43. The quantitative estimate of drug-likeness (QED) is 0.656. The van der Waals surface area contributed by atoms with Crippen molar-refractivity contribution in [3.63, 3.8) is 0 Å². The maximum Gasteiger partial charge on any atom is 0.303 e. The fraction of sp³-hybridized carbons (Fsp3) is 0.308. The third-order valence-electron chi connectivity index (χ3n) is 2.42. The Labute approximate surface area is 121 Å². The van der Waals surface area contributed by atoms with Gasteiger partial charge in [0.15, 0.2) is 0 Å². The number of hydrogen-bond donors (Lipinski definition) is 3. The van der Waals surface area contributed by atoms with Crippen molar-refractivity contribution in [3.05, 3.63) is 34.9 Å². The maximum atomic E-state index is 11.7. The largest absolute Gasteiger partial charge is 0.481 e. The molecule has 1 rings (SSSR count). The molecule has 0 aliphatic rings. The van der Waals surface area contributed by atoms with E-state index < -0.39 is 11.9 Å². The van der Waals surface area contributed by atoms with Gasteiger partial charge in [-0.15, -0.1) is 0 Å². The van der Waals surface area contributed by atoms with Gasteiger partial charge in [0.1, 0.15) is 0 Å². The number of carbonyl (C=O) groups is 3. The first-order chi connectivity index (χ1) is 9.50. The number of aliphatic carboxylic acids is 1. The smallest absolute Gasteiger partial charge is 0.303 e. The molecule has 0 unspecified atom stereocenters. The molecule has 0 aliphatic heterocycles. The molecule has 0 spiro atoms. The van der Waals surface area contributed by atoms with E-state index in [1.807, 2.05) is 0 Å². The molecule has 0 radical (unpaired) electrons. The van der Waals surface area contributed by atoms with Gasteiger partial charge in [-0.1, -0.05) is 23.7 Å². The number of carboxylic acids is 1. The van der Waals surface area contributed by atoms with E-state index in [9.17, 15) is 14.4 Å². The molecule has 1 aromatic rings. The Bertz CT molecular complexity index is 505. The van der Waals surface area contributed by atoms with Crippen LogP contribution in [0.1, 0.15) is 23.2 Å². The summed E-state index contributed by atoms with van der Waals surface area (Å²) in [6.45, 7) is 0.0736. The Kier molecular flexibility index (Phi) is 6.52. The summed E-state index contributed by atoms with van der Waals surface area (Å²) in [6.07, 6.45) is 0.339. The van der Waals surface area contributed by atoms with Gasteiger partial charge in [0, 0.05) is 13.0 Å². The van der Waals surface area contributed by atoms with E-state index in [0.717, 1.165) is 0 Å². The van der Waals surface area contributed by atoms with Crippen molar-refractivity contribution in [2.45, 2.75) is 12.8 Å². The summed E-state index contributed by atoms with van der Waals surface area (Å²) in [5.41, 5.74) is 0.299. The Balaban J connectivity index is 2.29. The molecule has 0 aromatic heterocycles. The summed E-state index contributed by atoms with van der Waals surface area (Å²) in [7, 11) is 0. The number of rotatable bonds is 7. The molecule has 3 N–H and O–H groups in total. The number of hydrogen-bond acceptors (Lipinski definition) is 3. The molecule has 2 amide bonds. The molecule has 0 saturated heterocycles. The first-order valence-corrected chi connectivity index (χ1v) is 6.39. The lowest BCUT2D eigenvalue weighted by Crippen LogP contribution is -2.37. The number of carboxylic acid groups (broad SMARTS) is 1. The van der Waals surface area contributed by atoms with Gasteiger partial charge in [-0.3, -0.25) is 14.4 Å². The summed E-state index contributed by atoms with van der Waals surface area (Å²) in [6, 6.07) is 6.52. The van der Waals surface area contributed by atoms with Crippen LogP contribution in [0.25, 0.3) is 0 Å². The zero-order valence-electron chi connectivity index (χ0n) is 10.7. The Morgan fingerprint density at radius 2 is 1.85 bits per heavy atom. The molecule has 0 bridgehead atoms. The highest BCUT2D eigenvalue weighted by Gasteiger charge is 2.10. The standard InChI is InChI=1S/C13H15ClN2O4/c14-10-5-2-1-4-9(10)13(20)16-8-11(17)15-7-3-6-12(18)19/h1-2,4-5H,3,6-8H2,(H,15,17)(H,16,20)(H,18,19). The number of halogens is 1. The van der Waals surface area contributed by atoms with Gasteiger partial charge in [-0.2, -0.15) is 0 Å². The third kappa shape index (κ3) is 5.71. The molecule has 108 valence electrons. The average Bonchev–Trinajstić information content (AvgIpc) is 2.41. The van der Waals surface area contributed by atoms with E-state index in [1.165, 1.54) is 0 Å². The molecule has 0 atom stereocenters. The normalized spacial score (nSPS) is 9.85. The summed E-state index contributed by atoms with van der Waals surface area (Å²) in [5.74, 6) is -1.72. The van der Waals surface area contributed by atoms with Gasteiger partial charge < -0.3 is 15.7 Å². The highest BCUT2D eigenvalue weighted by atomic mass is 35.5. The van der Waals surface area contributed by atoms with E-state index in [4.69, 9.17) is 16.7 Å². The first kappa shape index (κ1) is 16.0. The molecule has 1 aromatic carbocycles. The van der Waals surface area contributed by atoms with E-state index in [1.54, 1.807) is 24.3 Å². The van der Waals surface area contributed by atoms with Crippen LogP contribution in [0.2, 0.25) is 5.02 Å². The Hall–Kier alpha value is -2.08. The van der Waals surface area contributed by atoms with Crippen molar-refractivity contribution >= 4 is 29.4 Å². The SMILES string of the molecule is O=C(O)CCCNC(=O)CNC(=O)c1ccccc1Cl. The molecule has 6 nitrogen and oxygen atoms in total. The molecule has 20 heavy (non-hydrogen) atoms. The van der Waals surface area contributed by atoms with Crippen LogP contribution in [0.4, 0.5) is 0 Å². The predicted octanol–water partition coefficient (Wildman–Crippen LogP) is 1.05. The van der Waals surface area contributed by atoms with Gasteiger partial charge in [0.2, 0.25) is 5.91 Å². The van der Waals surface area contributed by atoms with E-state index >= 15 is 0 Å². The van der Waals surface area contributed by atoms with Crippen molar-refractivity contribution in [2.24, 2.45) is 0 Å². The van der Waals surface area contributed by atoms with Crippen LogP contribution in [-0.4, -0.2) is 36.0 Å².